The number of hydrogen-bond donors (Lipinski definition) is 2. The second-order valence-corrected chi connectivity index (χ2v) is 5.08. The van der Waals surface area contributed by atoms with Crippen molar-refractivity contribution >= 4 is 22.3 Å². The first kappa shape index (κ1) is 15.0. The summed E-state index contributed by atoms with van der Waals surface area (Å²) in [5.41, 5.74) is 1.06. The molecule has 0 saturated heterocycles. The molecule has 3 aromatic rings. The minimum Gasteiger partial charge on any atom is -0.380 e. The Hall–Kier alpha value is -2.96. The summed E-state index contributed by atoms with van der Waals surface area (Å²) in [6.07, 6.45) is 2.41. The molecule has 0 unspecified atom stereocenters. The van der Waals surface area contributed by atoms with Crippen LogP contribution in [-0.2, 0) is 6.42 Å². The molecule has 0 amide bonds. The summed E-state index contributed by atoms with van der Waals surface area (Å²) in [6, 6.07) is 9.16. The number of nitrogens with zero attached hydrogens (tertiary/aromatic N) is 1. The topological polar surface area (TPSA) is 71.0 Å². The van der Waals surface area contributed by atoms with Crippen molar-refractivity contribution in [2.45, 2.75) is 6.42 Å². The third-order valence-electron chi connectivity index (χ3n) is 3.61. The van der Waals surface area contributed by atoms with E-state index in [0.717, 1.165) is 16.5 Å². The van der Waals surface area contributed by atoms with E-state index in [4.69, 9.17) is 0 Å². The number of non-ortho nitro benzene ring substituents is 1. The van der Waals surface area contributed by atoms with Crippen molar-refractivity contribution in [1.82, 2.24) is 4.98 Å². The van der Waals surface area contributed by atoms with Crippen LogP contribution in [0, 0.1) is 21.7 Å². The van der Waals surface area contributed by atoms with Gasteiger partial charge in [-0.25, -0.2) is 8.78 Å². The molecule has 118 valence electrons. The second-order valence-electron chi connectivity index (χ2n) is 5.08. The van der Waals surface area contributed by atoms with Crippen molar-refractivity contribution in [3.05, 3.63) is 69.9 Å². The zero-order chi connectivity index (χ0) is 16.4. The highest BCUT2D eigenvalue weighted by Gasteiger charge is 2.16. The highest BCUT2D eigenvalue weighted by atomic mass is 19.1. The minimum absolute atomic E-state index is 0.299. The number of nitrogens with one attached hydrogen (secondary N) is 2. The van der Waals surface area contributed by atoms with Crippen LogP contribution < -0.4 is 5.32 Å². The summed E-state index contributed by atoms with van der Waals surface area (Å²) in [5, 5.41) is 14.3. The molecular weight excluding hydrogens is 304 g/mol. The number of nitro groups is 1. The Morgan fingerprint density at radius 3 is 2.57 bits per heavy atom. The van der Waals surface area contributed by atoms with Gasteiger partial charge in [0.2, 0.25) is 0 Å². The summed E-state index contributed by atoms with van der Waals surface area (Å²) >= 11 is 0. The Morgan fingerprint density at radius 1 is 1.17 bits per heavy atom. The average Bonchev–Trinajstić information content (AvgIpc) is 2.93. The fourth-order valence-corrected chi connectivity index (χ4v) is 2.49. The van der Waals surface area contributed by atoms with E-state index < -0.39 is 22.2 Å². The fraction of sp³-hybridized carbons (Fsp3) is 0.125. The van der Waals surface area contributed by atoms with Gasteiger partial charge in [-0.1, -0.05) is 18.2 Å². The second kappa shape index (κ2) is 6.04. The van der Waals surface area contributed by atoms with Gasteiger partial charge >= 0.3 is 0 Å². The first-order chi connectivity index (χ1) is 11.1. The van der Waals surface area contributed by atoms with Gasteiger partial charge in [-0.05, 0) is 18.1 Å². The molecule has 2 aromatic carbocycles. The van der Waals surface area contributed by atoms with Gasteiger partial charge in [0.25, 0.3) is 5.69 Å². The third-order valence-corrected chi connectivity index (χ3v) is 3.61. The predicted molar refractivity (Wildman–Crippen MR) is 83.5 cm³/mol. The molecule has 0 aliphatic carbocycles. The SMILES string of the molecule is O=[N+]([O-])c1cc(F)c(NCCc2c[nH]c3ccccc23)c(F)c1. The Morgan fingerprint density at radius 2 is 1.87 bits per heavy atom. The third kappa shape index (κ3) is 2.98. The van der Waals surface area contributed by atoms with Gasteiger partial charge in [-0.3, -0.25) is 10.1 Å². The van der Waals surface area contributed by atoms with E-state index in [-0.39, 0.29) is 5.69 Å². The van der Waals surface area contributed by atoms with E-state index in [1.165, 1.54) is 0 Å². The fourth-order valence-electron chi connectivity index (χ4n) is 2.49. The molecule has 1 aromatic heterocycles. The first-order valence-corrected chi connectivity index (χ1v) is 6.98. The van der Waals surface area contributed by atoms with Crippen LogP contribution in [0.5, 0.6) is 0 Å². The number of benzene rings is 2. The van der Waals surface area contributed by atoms with Crippen LogP contribution in [0.4, 0.5) is 20.2 Å². The maximum absolute atomic E-state index is 13.8. The highest BCUT2D eigenvalue weighted by molar-refractivity contribution is 5.83. The summed E-state index contributed by atoms with van der Waals surface area (Å²) < 4.78 is 27.6. The molecule has 0 atom stereocenters. The number of hydrogen-bond acceptors (Lipinski definition) is 3. The van der Waals surface area contributed by atoms with Crippen molar-refractivity contribution < 1.29 is 13.7 Å². The van der Waals surface area contributed by atoms with Gasteiger partial charge in [-0.15, -0.1) is 0 Å². The number of fused-ring (bicyclic) bond motifs is 1. The van der Waals surface area contributed by atoms with Crippen LogP contribution in [-0.4, -0.2) is 16.5 Å². The van der Waals surface area contributed by atoms with Gasteiger partial charge in [0.1, 0.15) is 5.69 Å². The molecule has 0 aliphatic rings. The number of aromatic nitrogens is 1. The van der Waals surface area contributed by atoms with E-state index in [1.807, 2.05) is 30.5 Å². The van der Waals surface area contributed by atoms with Gasteiger partial charge in [0.05, 0.1) is 17.1 Å². The summed E-state index contributed by atoms with van der Waals surface area (Å²) in [4.78, 5) is 12.9. The van der Waals surface area contributed by atoms with Crippen LogP contribution >= 0.6 is 0 Å². The lowest BCUT2D eigenvalue weighted by molar-refractivity contribution is -0.385. The normalized spacial score (nSPS) is 10.9. The lowest BCUT2D eigenvalue weighted by Crippen LogP contribution is -2.08. The highest BCUT2D eigenvalue weighted by Crippen LogP contribution is 2.25. The molecule has 0 radical (unpaired) electrons. The van der Waals surface area contributed by atoms with E-state index in [9.17, 15) is 18.9 Å². The predicted octanol–water partition coefficient (Wildman–Crippen LogP) is 4.01. The molecule has 7 heteroatoms. The number of rotatable bonds is 5. The van der Waals surface area contributed by atoms with Crippen LogP contribution in [0.25, 0.3) is 10.9 Å². The molecule has 3 rings (SSSR count). The molecule has 23 heavy (non-hydrogen) atoms. The van der Waals surface area contributed by atoms with Gasteiger partial charge in [0, 0.05) is 23.6 Å². The Kier molecular flexibility index (Phi) is 3.92. The Bertz CT molecular complexity index is 854. The lowest BCUT2D eigenvalue weighted by atomic mass is 10.1. The molecule has 0 fully saturated rings. The van der Waals surface area contributed by atoms with E-state index in [2.05, 4.69) is 10.3 Å². The van der Waals surface area contributed by atoms with E-state index in [1.54, 1.807) is 0 Å². The van der Waals surface area contributed by atoms with Crippen LogP contribution in [0.2, 0.25) is 0 Å². The Labute approximate surface area is 130 Å². The van der Waals surface area contributed by atoms with Gasteiger partial charge in [-0.2, -0.15) is 0 Å². The van der Waals surface area contributed by atoms with E-state index >= 15 is 0 Å². The van der Waals surface area contributed by atoms with Gasteiger partial charge < -0.3 is 10.3 Å². The standard InChI is InChI=1S/C16H13F2N3O2/c17-13-7-11(21(22)23)8-14(18)16(13)19-6-5-10-9-20-15-4-2-1-3-12(10)15/h1-4,7-9,19-20H,5-6H2. The number of halogens is 2. The van der Waals surface area contributed by atoms with Gasteiger partial charge in [0.15, 0.2) is 11.6 Å². The molecule has 1 heterocycles. The van der Waals surface area contributed by atoms with Crippen molar-refractivity contribution in [2.24, 2.45) is 0 Å². The average molecular weight is 317 g/mol. The molecule has 5 nitrogen and oxygen atoms in total. The number of nitro benzene ring substituents is 1. The quantitative estimate of drug-likeness (QED) is 0.552. The maximum Gasteiger partial charge on any atom is 0.275 e. The minimum atomic E-state index is -0.976. The van der Waals surface area contributed by atoms with Crippen LogP contribution in [0.1, 0.15) is 5.56 Å². The van der Waals surface area contributed by atoms with Crippen molar-refractivity contribution in [2.75, 3.05) is 11.9 Å². The van der Waals surface area contributed by atoms with E-state index in [0.29, 0.717) is 25.1 Å². The summed E-state index contributed by atoms with van der Waals surface area (Å²) in [7, 11) is 0. The molecular formula is C16H13F2N3O2. The van der Waals surface area contributed by atoms with Crippen LogP contribution in [0.3, 0.4) is 0 Å². The lowest BCUT2D eigenvalue weighted by Gasteiger charge is -2.08. The molecule has 0 aliphatic heterocycles. The number of H-pyrrole nitrogens is 1. The van der Waals surface area contributed by atoms with Crippen molar-refractivity contribution in [3.63, 3.8) is 0 Å². The number of aromatic amines is 1. The van der Waals surface area contributed by atoms with Crippen LogP contribution in [0.15, 0.2) is 42.6 Å². The summed E-state index contributed by atoms with van der Waals surface area (Å²) in [5.74, 6) is -1.95. The monoisotopic (exact) mass is 317 g/mol. The smallest absolute Gasteiger partial charge is 0.275 e. The number of para-hydroxylation sites is 1. The zero-order valence-electron chi connectivity index (χ0n) is 12.0. The van der Waals surface area contributed by atoms with Crippen molar-refractivity contribution in [3.8, 4) is 0 Å². The number of anilines is 1. The molecule has 0 saturated carbocycles. The zero-order valence-corrected chi connectivity index (χ0v) is 12.0. The Balaban J connectivity index is 1.73. The van der Waals surface area contributed by atoms with Crippen molar-refractivity contribution in [1.29, 1.82) is 0 Å². The first-order valence-electron chi connectivity index (χ1n) is 6.98. The summed E-state index contributed by atoms with van der Waals surface area (Å²) in [6.45, 7) is 0.299. The molecule has 0 bridgehead atoms. The largest absolute Gasteiger partial charge is 0.380 e. The molecule has 0 spiro atoms. The molecule has 2 N–H and O–H groups in total. The maximum atomic E-state index is 13.8.